The molecule has 1 N–H and O–H groups in total. The van der Waals surface area contributed by atoms with E-state index in [0.717, 1.165) is 11.4 Å². The van der Waals surface area contributed by atoms with Crippen molar-refractivity contribution in [3.8, 4) is 11.1 Å². The molecule has 0 saturated carbocycles. The maximum atomic E-state index is 3.66. The number of hydrogen-bond donors (Lipinski definition) is 1. The molecule has 28 heavy (non-hydrogen) atoms. The van der Waals surface area contributed by atoms with Crippen LogP contribution in [-0.4, -0.2) is 0 Å². The average Bonchev–Trinajstić information content (AvgIpc) is 2.75. The number of aryl methyl sites for hydroxylation is 1. The van der Waals surface area contributed by atoms with E-state index in [1.54, 1.807) is 0 Å². The van der Waals surface area contributed by atoms with Crippen molar-refractivity contribution < 1.29 is 0 Å². The second-order valence-electron chi connectivity index (χ2n) is 7.21. The Bertz CT molecular complexity index is 1290. The van der Waals surface area contributed by atoms with Gasteiger partial charge in [-0.1, -0.05) is 84.9 Å². The highest BCUT2D eigenvalue weighted by Crippen LogP contribution is 2.34. The monoisotopic (exact) mass is 359 g/mol. The first-order valence-electron chi connectivity index (χ1n) is 9.63. The van der Waals surface area contributed by atoms with Gasteiger partial charge < -0.3 is 5.32 Å². The predicted molar refractivity (Wildman–Crippen MR) is 121 cm³/mol. The summed E-state index contributed by atoms with van der Waals surface area (Å²) in [4.78, 5) is 0. The fourth-order valence-electron chi connectivity index (χ4n) is 4.00. The molecule has 0 aromatic heterocycles. The van der Waals surface area contributed by atoms with E-state index in [2.05, 4.69) is 115 Å². The summed E-state index contributed by atoms with van der Waals surface area (Å²) in [6, 6.07) is 36.6. The molecule has 0 aliphatic heterocycles. The molecule has 0 spiro atoms. The lowest BCUT2D eigenvalue weighted by molar-refractivity contribution is 1.44. The fourth-order valence-corrected chi connectivity index (χ4v) is 4.00. The normalized spacial score (nSPS) is 11.0. The molecule has 0 unspecified atom stereocenters. The second kappa shape index (κ2) is 6.86. The molecule has 0 radical (unpaired) electrons. The van der Waals surface area contributed by atoms with Crippen LogP contribution < -0.4 is 5.32 Å². The van der Waals surface area contributed by atoms with Gasteiger partial charge in [-0.3, -0.25) is 0 Å². The topological polar surface area (TPSA) is 12.0 Å². The van der Waals surface area contributed by atoms with Crippen LogP contribution in [0.25, 0.3) is 32.7 Å². The molecule has 0 amide bonds. The Labute approximate surface area is 165 Å². The molecule has 0 aliphatic rings. The minimum absolute atomic E-state index is 1.11. The van der Waals surface area contributed by atoms with Crippen molar-refractivity contribution in [3.63, 3.8) is 0 Å². The molecule has 5 aromatic rings. The first-order chi connectivity index (χ1) is 13.8. The summed E-state index contributed by atoms with van der Waals surface area (Å²) in [5, 5.41) is 8.72. The summed E-state index contributed by atoms with van der Waals surface area (Å²) < 4.78 is 0. The van der Waals surface area contributed by atoms with E-state index in [1.165, 1.54) is 38.2 Å². The molecule has 1 heteroatoms. The third-order valence-corrected chi connectivity index (χ3v) is 5.36. The Morgan fingerprint density at radius 2 is 1.25 bits per heavy atom. The van der Waals surface area contributed by atoms with Crippen molar-refractivity contribution in [2.45, 2.75) is 6.92 Å². The van der Waals surface area contributed by atoms with Gasteiger partial charge in [0, 0.05) is 16.8 Å². The van der Waals surface area contributed by atoms with E-state index in [1.807, 2.05) is 0 Å². The highest BCUT2D eigenvalue weighted by molar-refractivity contribution is 6.13. The smallest absolute Gasteiger partial charge is 0.0470 e. The lowest BCUT2D eigenvalue weighted by atomic mass is 9.99. The second-order valence-corrected chi connectivity index (χ2v) is 7.21. The minimum Gasteiger partial charge on any atom is -0.355 e. The number of anilines is 2. The van der Waals surface area contributed by atoms with E-state index < -0.39 is 0 Å². The summed E-state index contributed by atoms with van der Waals surface area (Å²) in [6.07, 6.45) is 0. The largest absolute Gasteiger partial charge is 0.355 e. The van der Waals surface area contributed by atoms with Crippen LogP contribution in [0.1, 0.15) is 5.56 Å². The van der Waals surface area contributed by atoms with Gasteiger partial charge in [-0.15, -0.1) is 0 Å². The highest BCUT2D eigenvalue weighted by Gasteiger charge is 2.08. The van der Waals surface area contributed by atoms with Gasteiger partial charge in [0.1, 0.15) is 0 Å². The summed E-state index contributed by atoms with van der Waals surface area (Å²) >= 11 is 0. The fraction of sp³-hybridized carbons (Fsp3) is 0.0370. The molecule has 0 fully saturated rings. The van der Waals surface area contributed by atoms with E-state index in [9.17, 15) is 0 Å². The third kappa shape index (κ3) is 2.91. The van der Waals surface area contributed by atoms with Gasteiger partial charge in [0.15, 0.2) is 0 Å². The Kier molecular flexibility index (Phi) is 4.06. The van der Waals surface area contributed by atoms with Crippen LogP contribution in [0, 0.1) is 6.92 Å². The van der Waals surface area contributed by atoms with Crippen molar-refractivity contribution >= 4 is 32.9 Å². The molecule has 0 aliphatic carbocycles. The molecule has 0 saturated heterocycles. The van der Waals surface area contributed by atoms with Gasteiger partial charge in [-0.25, -0.2) is 0 Å². The summed E-state index contributed by atoms with van der Waals surface area (Å²) in [5.74, 6) is 0. The van der Waals surface area contributed by atoms with Crippen LogP contribution in [0.2, 0.25) is 0 Å². The van der Waals surface area contributed by atoms with Gasteiger partial charge in [0.05, 0.1) is 0 Å². The van der Waals surface area contributed by atoms with Crippen molar-refractivity contribution in [2.75, 3.05) is 5.32 Å². The number of rotatable bonds is 3. The van der Waals surface area contributed by atoms with Gasteiger partial charge >= 0.3 is 0 Å². The molecule has 134 valence electrons. The molecular weight excluding hydrogens is 338 g/mol. The maximum absolute atomic E-state index is 3.66. The number of nitrogens with one attached hydrogen (secondary N) is 1. The molecule has 0 bridgehead atoms. The summed E-state index contributed by atoms with van der Waals surface area (Å²) in [7, 11) is 0. The van der Waals surface area contributed by atoms with E-state index in [4.69, 9.17) is 0 Å². The minimum atomic E-state index is 1.11. The van der Waals surface area contributed by atoms with Gasteiger partial charge in [0.25, 0.3) is 0 Å². The van der Waals surface area contributed by atoms with Crippen LogP contribution in [0.15, 0.2) is 103 Å². The lowest BCUT2D eigenvalue weighted by Gasteiger charge is -2.14. The van der Waals surface area contributed by atoms with Crippen LogP contribution >= 0.6 is 0 Å². The number of hydrogen-bond acceptors (Lipinski definition) is 1. The average molecular weight is 359 g/mol. The van der Waals surface area contributed by atoms with Gasteiger partial charge in [-0.05, 0) is 58.0 Å². The van der Waals surface area contributed by atoms with Crippen molar-refractivity contribution in [2.24, 2.45) is 0 Å². The predicted octanol–water partition coefficient (Wildman–Crippen LogP) is 7.71. The Balaban J connectivity index is 1.59. The molecule has 0 heterocycles. The molecule has 5 rings (SSSR count). The van der Waals surface area contributed by atoms with Crippen molar-refractivity contribution in [1.29, 1.82) is 0 Å². The summed E-state index contributed by atoms with van der Waals surface area (Å²) in [6.45, 7) is 2.17. The maximum Gasteiger partial charge on any atom is 0.0470 e. The van der Waals surface area contributed by atoms with Crippen LogP contribution in [0.4, 0.5) is 11.4 Å². The SMILES string of the molecule is Cc1cc(Nc2cc3ccccc3c3ccccc23)ccc1-c1ccccc1. The standard InChI is InChI=1S/C27H21N/c1-19-17-22(15-16-23(19)20-9-3-2-4-10-20)28-27-18-21-11-5-6-12-24(21)25-13-7-8-14-26(25)27/h2-18,28H,1H3. The Morgan fingerprint density at radius 1 is 0.571 bits per heavy atom. The zero-order chi connectivity index (χ0) is 18.9. The third-order valence-electron chi connectivity index (χ3n) is 5.36. The van der Waals surface area contributed by atoms with E-state index in [-0.39, 0.29) is 0 Å². The number of benzene rings is 5. The molecule has 1 nitrogen and oxygen atoms in total. The summed E-state index contributed by atoms with van der Waals surface area (Å²) in [5.41, 5.74) is 6.04. The molecule has 0 atom stereocenters. The first kappa shape index (κ1) is 16.6. The van der Waals surface area contributed by atoms with E-state index in [0.29, 0.717) is 0 Å². The van der Waals surface area contributed by atoms with Crippen molar-refractivity contribution in [1.82, 2.24) is 0 Å². The van der Waals surface area contributed by atoms with Crippen LogP contribution in [0.3, 0.4) is 0 Å². The molecular formula is C27H21N. The molecule has 5 aromatic carbocycles. The zero-order valence-electron chi connectivity index (χ0n) is 15.8. The lowest BCUT2D eigenvalue weighted by Crippen LogP contribution is -1.94. The van der Waals surface area contributed by atoms with Crippen LogP contribution in [-0.2, 0) is 0 Å². The zero-order valence-corrected chi connectivity index (χ0v) is 15.8. The highest BCUT2D eigenvalue weighted by atomic mass is 14.9. The quantitative estimate of drug-likeness (QED) is 0.325. The first-order valence-corrected chi connectivity index (χ1v) is 9.63. The van der Waals surface area contributed by atoms with E-state index >= 15 is 0 Å². The number of fused-ring (bicyclic) bond motifs is 3. The van der Waals surface area contributed by atoms with Crippen LogP contribution in [0.5, 0.6) is 0 Å². The van der Waals surface area contributed by atoms with Gasteiger partial charge in [-0.2, -0.15) is 0 Å². The van der Waals surface area contributed by atoms with Crippen molar-refractivity contribution in [3.05, 3.63) is 109 Å². The Morgan fingerprint density at radius 3 is 2.04 bits per heavy atom. The Hall–Kier alpha value is -3.58. The van der Waals surface area contributed by atoms with Gasteiger partial charge in [0.2, 0.25) is 0 Å².